The van der Waals surface area contributed by atoms with Crippen molar-refractivity contribution in [1.29, 1.82) is 0 Å². The van der Waals surface area contributed by atoms with Gasteiger partial charge in [-0.3, -0.25) is 10.1 Å². The third-order valence-corrected chi connectivity index (χ3v) is 4.76. The second kappa shape index (κ2) is 5.38. The molecule has 1 N–H and O–H groups in total. The first-order chi connectivity index (χ1) is 8.47. The van der Waals surface area contributed by atoms with E-state index in [0.29, 0.717) is 19.5 Å². The molecule has 0 saturated carbocycles. The highest BCUT2D eigenvalue weighted by Gasteiger charge is 2.31. The number of sulfone groups is 1. The quantitative estimate of drug-likeness (QED) is 0.862. The first-order valence-electron chi connectivity index (χ1n) is 5.71. The maximum absolute atomic E-state index is 11.8. The minimum Gasteiger partial charge on any atom is -0.321 e. The molecule has 0 aliphatic carbocycles. The van der Waals surface area contributed by atoms with Crippen molar-refractivity contribution in [3.05, 3.63) is 22.4 Å². The molecule has 0 radical (unpaired) electrons. The molecule has 2 rings (SSSR count). The summed E-state index contributed by atoms with van der Waals surface area (Å²) in [5.41, 5.74) is 0. The Balaban J connectivity index is 1.98. The molecular formula is C11H16N2O3S2. The standard InChI is InChI=1S/C11H16N2O3S2/c1-18(15,16)7-3-5-13-10(14)8-12-11(13)9-4-2-6-17-9/h2,4,6,11-12H,3,5,7-8H2,1H3. The van der Waals surface area contributed by atoms with Gasteiger partial charge in [-0.1, -0.05) is 6.07 Å². The van der Waals surface area contributed by atoms with E-state index in [4.69, 9.17) is 0 Å². The lowest BCUT2D eigenvalue weighted by molar-refractivity contribution is -0.128. The van der Waals surface area contributed by atoms with Crippen LogP contribution in [0.2, 0.25) is 0 Å². The predicted octanol–water partition coefficient (Wildman–Crippen LogP) is 0.613. The number of nitrogens with zero attached hydrogens (tertiary/aromatic N) is 1. The van der Waals surface area contributed by atoms with Gasteiger partial charge in [0.05, 0.1) is 12.3 Å². The van der Waals surface area contributed by atoms with Crippen molar-refractivity contribution < 1.29 is 13.2 Å². The van der Waals surface area contributed by atoms with Gasteiger partial charge in [0.1, 0.15) is 16.0 Å². The second-order valence-corrected chi connectivity index (χ2v) is 7.61. The van der Waals surface area contributed by atoms with Gasteiger partial charge in [-0.05, 0) is 17.9 Å². The molecule has 1 aliphatic rings. The number of hydrogen-bond acceptors (Lipinski definition) is 5. The van der Waals surface area contributed by atoms with Gasteiger partial charge in [0.15, 0.2) is 0 Å². The van der Waals surface area contributed by atoms with Gasteiger partial charge in [-0.2, -0.15) is 0 Å². The molecule has 0 spiro atoms. The predicted molar refractivity (Wildman–Crippen MR) is 71.1 cm³/mol. The van der Waals surface area contributed by atoms with Gasteiger partial charge in [0.2, 0.25) is 5.91 Å². The van der Waals surface area contributed by atoms with Crippen LogP contribution in [0.4, 0.5) is 0 Å². The summed E-state index contributed by atoms with van der Waals surface area (Å²) in [6.45, 7) is 0.795. The Morgan fingerprint density at radius 2 is 2.33 bits per heavy atom. The van der Waals surface area contributed by atoms with Crippen molar-refractivity contribution in [3.63, 3.8) is 0 Å². The Morgan fingerprint density at radius 3 is 2.94 bits per heavy atom. The number of rotatable bonds is 5. The number of thiophene rings is 1. The van der Waals surface area contributed by atoms with Crippen molar-refractivity contribution in [2.24, 2.45) is 0 Å². The van der Waals surface area contributed by atoms with E-state index < -0.39 is 9.84 Å². The zero-order valence-corrected chi connectivity index (χ0v) is 11.8. The van der Waals surface area contributed by atoms with Crippen LogP contribution in [0.5, 0.6) is 0 Å². The molecule has 5 nitrogen and oxygen atoms in total. The van der Waals surface area contributed by atoms with Gasteiger partial charge in [0.25, 0.3) is 0 Å². The largest absolute Gasteiger partial charge is 0.321 e. The molecule has 1 aromatic rings. The molecule has 1 unspecified atom stereocenters. The lowest BCUT2D eigenvalue weighted by Gasteiger charge is -2.23. The molecule has 2 heterocycles. The highest BCUT2D eigenvalue weighted by atomic mass is 32.2. The average Bonchev–Trinajstić information content (AvgIpc) is 2.87. The molecule has 1 aliphatic heterocycles. The van der Waals surface area contributed by atoms with Crippen LogP contribution in [-0.4, -0.2) is 44.3 Å². The van der Waals surface area contributed by atoms with Crippen molar-refractivity contribution >= 4 is 27.1 Å². The van der Waals surface area contributed by atoms with E-state index in [1.54, 1.807) is 16.2 Å². The van der Waals surface area contributed by atoms with Crippen LogP contribution in [-0.2, 0) is 14.6 Å². The van der Waals surface area contributed by atoms with E-state index in [9.17, 15) is 13.2 Å². The monoisotopic (exact) mass is 288 g/mol. The number of nitrogens with one attached hydrogen (secondary N) is 1. The summed E-state index contributed by atoms with van der Waals surface area (Å²) in [7, 11) is -2.96. The van der Waals surface area contributed by atoms with E-state index >= 15 is 0 Å². The fourth-order valence-electron chi connectivity index (χ4n) is 1.99. The molecule has 1 saturated heterocycles. The van der Waals surface area contributed by atoms with Crippen LogP contribution < -0.4 is 5.32 Å². The number of carbonyl (C=O) groups excluding carboxylic acids is 1. The second-order valence-electron chi connectivity index (χ2n) is 4.37. The number of amides is 1. The van der Waals surface area contributed by atoms with Crippen LogP contribution in [0.25, 0.3) is 0 Å². The Labute approximate surface area is 111 Å². The molecule has 100 valence electrons. The SMILES string of the molecule is CS(=O)(=O)CCCN1C(=O)CNC1c1cccs1. The van der Waals surface area contributed by atoms with Crippen LogP contribution in [0.3, 0.4) is 0 Å². The smallest absolute Gasteiger partial charge is 0.238 e. The zero-order valence-electron chi connectivity index (χ0n) is 10.1. The molecule has 0 aromatic carbocycles. The normalized spacial score (nSPS) is 20.6. The molecule has 7 heteroatoms. The Morgan fingerprint density at radius 1 is 1.56 bits per heavy atom. The van der Waals surface area contributed by atoms with Gasteiger partial charge in [-0.25, -0.2) is 8.42 Å². The summed E-state index contributed by atoms with van der Waals surface area (Å²) in [5.74, 6) is 0.149. The Kier molecular flexibility index (Phi) is 4.04. The lowest BCUT2D eigenvalue weighted by Crippen LogP contribution is -2.31. The van der Waals surface area contributed by atoms with Crippen molar-refractivity contribution in [2.75, 3.05) is 25.1 Å². The summed E-state index contributed by atoms with van der Waals surface area (Å²) in [5, 5.41) is 5.11. The summed E-state index contributed by atoms with van der Waals surface area (Å²) in [6, 6.07) is 3.92. The summed E-state index contributed by atoms with van der Waals surface area (Å²) < 4.78 is 22.2. The molecule has 1 amide bonds. The highest BCUT2D eigenvalue weighted by molar-refractivity contribution is 7.90. The van der Waals surface area contributed by atoms with Gasteiger partial charge >= 0.3 is 0 Å². The van der Waals surface area contributed by atoms with Gasteiger partial charge in [-0.15, -0.1) is 11.3 Å². The van der Waals surface area contributed by atoms with Crippen LogP contribution in [0.15, 0.2) is 17.5 Å². The molecule has 1 aromatic heterocycles. The van der Waals surface area contributed by atoms with E-state index in [1.165, 1.54) is 6.26 Å². The van der Waals surface area contributed by atoms with Gasteiger partial charge in [0, 0.05) is 17.7 Å². The van der Waals surface area contributed by atoms with E-state index in [2.05, 4.69) is 5.32 Å². The summed E-state index contributed by atoms with van der Waals surface area (Å²) in [6.07, 6.45) is 1.60. The summed E-state index contributed by atoms with van der Waals surface area (Å²) in [4.78, 5) is 14.6. The van der Waals surface area contributed by atoms with Crippen molar-refractivity contribution in [1.82, 2.24) is 10.2 Å². The Bertz CT molecular complexity index is 510. The fourth-order valence-corrected chi connectivity index (χ4v) is 3.46. The molecule has 1 fully saturated rings. The van der Waals surface area contributed by atoms with E-state index in [0.717, 1.165) is 4.88 Å². The summed E-state index contributed by atoms with van der Waals surface area (Å²) >= 11 is 1.59. The zero-order chi connectivity index (χ0) is 13.2. The van der Waals surface area contributed by atoms with E-state index in [-0.39, 0.29) is 17.8 Å². The third kappa shape index (κ3) is 3.30. The minimum absolute atomic E-state index is 0.0295. The molecule has 1 atom stereocenters. The minimum atomic E-state index is -2.96. The van der Waals surface area contributed by atoms with Crippen molar-refractivity contribution in [2.45, 2.75) is 12.6 Å². The van der Waals surface area contributed by atoms with Crippen molar-refractivity contribution in [3.8, 4) is 0 Å². The first kappa shape index (κ1) is 13.5. The maximum Gasteiger partial charge on any atom is 0.238 e. The molecule has 0 bridgehead atoms. The molecular weight excluding hydrogens is 272 g/mol. The van der Waals surface area contributed by atoms with Crippen LogP contribution in [0.1, 0.15) is 17.5 Å². The van der Waals surface area contributed by atoms with E-state index in [1.807, 2.05) is 17.5 Å². The number of hydrogen-bond donors (Lipinski definition) is 1. The number of carbonyl (C=O) groups is 1. The lowest BCUT2D eigenvalue weighted by atomic mass is 10.3. The van der Waals surface area contributed by atoms with Gasteiger partial charge < -0.3 is 4.90 Å². The fraction of sp³-hybridized carbons (Fsp3) is 0.545. The molecule has 18 heavy (non-hydrogen) atoms. The first-order valence-corrected chi connectivity index (χ1v) is 8.65. The Hall–Kier alpha value is -0.920. The topological polar surface area (TPSA) is 66.5 Å². The third-order valence-electron chi connectivity index (χ3n) is 2.81. The highest BCUT2D eigenvalue weighted by Crippen LogP contribution is 2.26. The van der Waals surface area contributed by atoms with Crippen LogP contribution in [0, 0.1) is 0 Å². The van der Waals surface area contributed by atoms with Crippen LogP contribution >= 0.6 is 11.3 Å². The average molecular weight is 288 g/mol. The maximum atomic E-state index is 11.8.